The molecule has 0 aromatic heterocycles. The lowest BCUT2D eigenvalue weighted by Gasteiger charge is -2.36. The highest BCUT2D eigenvalue weighted by Crippen LogP contribution is 2.29. The summed E-state index contributed by atoms with van der Waals surface area (Å²) in [7, 11) is 0. The number of hydrogen-bond donors (Lipinski definition) is 1. The summed E-state index contributed by atoms with van der Waals surface area (Å²) >= 11 is 0. The third-order valence-corrected chi connectivity index (χ3v) is 4.69. The van der Waals surface area contributed by atoms with E-state index in [4.69, 9.17) is 4.74 Å². The number of fused-ring (bicyclic) bond motifs is 1. The summed E-state index contributed by atoms with van der Waals surface area (Å²) in [4.78, 5) is 2.51. The molecular formula is C18H30N2O. The summed E-state index contributed by atoms with van der Waals surface area (Å²) in [6.45, 7) is 11.4. The van der Waals surface area contributed by atoms with E-state index >= 15 is 0 Å². The van der Waals surface area contributed by atoms with Gasteiger partial charge in [-0.15, -0.1) is 0 Å². The van der Waals surface area contributed by atoms with E-state index in [9.17, 15) is 0 Å². The number of nitrogens with one attached hydrogen (secondary N) is 1. The molecule has 1 N–H and O–H groups in total. The van der Waals surface area contributed by atoms with Gasteiger partial charge in [-0.3, -0.25) is 0 Å². The molecule has 1 aliphatic rings. The van der Waals surface area contributed by atoms with E-state index < -0.39 is 0 Å². The van der Waals surface area contributed by atoms with Gasteiger partial charge in [0.2, 0.25) is 0 Å². The first kappa shape index (κ1) is 16.3. The van der Waals surface area contributed by atoms with Gasteiger partial charge in [0.25, 0.3) is 0 Å². The van der Waals surface area contributed by atoms with E-state index in [0.29, 0.717) is 0 Å². The summed E-state index contributed by atoms with van der Waals surface area (Å²) in [6.07, 6.45) is 3.40. The maximum absolute atomic E-state index is 5.71. The van der Waals surface area contributed by atoms with Crippen LogP contribution in [0.1, 0.15) is 45.6 Å². The normalized spacial score (nSPS) is 17.4. The Hall–Kier alpha value is -1.06. The highest BCUT2D eigenvalue weighted by atomic mass is 16.5. The fourth-order valence-electron chi connectivity index (χ4n) is 3.10. The lowest BCUT2D eigenvalue weighted by molar-refractivity contribution is 0.139. The number of rotatable bonds is 7. The standard InChI is InChI=1S/C18H30N2O/c1-4-12-21-13-11-20-15-18(5-2,6-3)19-14-16-9-7-8-10-17(16)20/h7-10,19H,4-6,11-15H2,1-3H3. The Labute approximate surface area is 129 Å². The molecule has 0 aliphatic carbocycles. The van der Waals surface area contributed by atoms with Gasteiger partial charge >= 0.3 is 0 Å². The number of nitrogens with zero attached hydrogens (tertiary/aromatic N) is 1. The number of para-hydroxylation sites is 1. The molecule has 0 radical (unpaired) electrons. The van der Waals surface area contributed by atoms with Crippen LogP contribution in [-0.4, -0.2) is 31.8 Å². The predicted octanol–water partition coefficient (Wildman–Crippen LogP) is 3.58. The van der Waals surface area contributed by atoms with Gasteiger partial charge in [-0.25, -0.2) is 0 Å². The molecule has 118 valence electrons. The number of anilines is 1. The van der Waals surface area contributed by atoms with Crippen LogP contribution < -0.4 is 10.2 Å². The molecule has 0 saturated carbocycles. The molecule has 0 saturated heterocycles. The Kier molecular flexibility index (Phi) is 6.07. The zero-order valence-corrected chi connectivity index (χ0v) is 13.8. The minimum Gasteiger partial charge on any atom is -0.380 e. The molecular weight excluding hydrogens is 260 g/mol. The van der Waals surface area contributed by atoms with Gasteiger partial charge in [0.15, 0.2) is 0 Å². The molecule has 1 aromatic rings. The smallest absolute Gasteiger partial charge is 0.0641 e. The quantitative estimate of drug-likeness (QED) is 0.777. The van der Waals surface area contributed by atoms with Crippen LogP contribution in [0, 0.1) is 0 Å². The minimum atomic E-state index is 0.212. The van der Waals surface area contributed by atoms with Crippen molar-refractivity contribution >= 4 is 5.69 Å². The van der Waals surface area contributed by atoms with Crippen LogP contribution in [0.5, 0.6) is 0 Å². The molecule has 1 heterocycles. The molecule has 0 spiro atoms. The Bertz CT molecular complexity index is 429. The van der Waals surface area contributed by atoms with E-state index in [1.807, 2.05) is 0 Å². The summed E-state index contributed by atoms with van der Waals surface area (Å²) in [5.41, 5.74) is 2.98. The lowest BCUT2D eigenvalue weighted by atomic mass is 9.92. The Balaban J connectivity index is 2.15. The second kappa shape index (κ2) is 7.81. The molecule has 0 fully saturated rings. The number of hydrogen-bond acceptors (Lipinski definition) is 3. The van der Waals surface area contributed by atoms with Gasteiger partial charge in [0, 0.05) is 37.5 Å². The topological polar surface area (TPSA) is 24.5 Å². The van der Waals surface area contributed by atoms with Crippen molar-refractivity contribution in [1.29, 1.82) is 0 Å². The summed E-state index contributed by atoms with van der Waals surface area (Å²) in [6, 6.07) is 8.77. The molecule has 3 heteroatoms. The maximum atomic E-state index is 5.71. The van der Waals surface area contributed by atoms with Crippen LogP contribution in [-0.2, 0) is 11.3 Å². The maximum Gasteiger partial charge on any atom is 0.0641 e. The second-order valence-corrected chi connectivity index (χ2v) is 6.00. The lowest BCUT2D eigenvalue weighted by Crippen LogP contribution is -2.51. The third kappa shape index (κ3) is 3.98. The van der Waals surface area contributed by atoms with Crippen molar-refractivity contribution in [3.63, 3.8) is 0 Å². The largest absolute Gasteiger partial charge is 0.380 e. The highest BCUT2D eigenvalue weighted by molar-refractivity contribution is 5.55. The molecule has 1 aromatic carbocycles. The van der Waals surface area contributed by atoms with Crippen LogP contribution in [0.2, 0.25) is 0 Å². The van der Waals surface area contributed by atoms with Crippen molar-refractivity contribution in [2.45, 2.75) is 52.1 Å². The first-order valence-electron chi connectivity index (χ1n) is 8.40. The van der Waals surface area contributed by atoms with Crippen LogP contribution in [0.3, 0.4) is 0 Å². The predicted molar refractivity (Wildman–Crippen MR) is 89.9 cm³/mol. The average Bonchev–Trinajstić information content (AvgIpc) is 2.70. The van der Waals surface area contributed by atoms with Gasteiger partial charge in [0.05, 0.1) is 6.61 Å². The van der Waals surface area contributed by atoms with Crippen molar-refractivity contribution in [1.82, 2.24) is 5.32 Å². The zero-order valence-electron chi connectivity index (χ0n) is 13.8. The monoisotopic (exact) mass is 290 g/mol. The minimum absolute atomic E-state index is 0.212. The Morgan fingerprint density at radius 3 is 2.62 bits per heavy atom. The van der Waals surface area contributed by atoms with E-state index in [1.54, 1.807) is 0 Å². The molecule has 0 bridgehead atoms. The van der Waals surface area contributed by atoms with E-state index in [-0.39, 0.29) is 5.54 Å². The summed E-state index contributed by atoms with van der Waals surface area (Å²) < 4.78 is 5.71. The van der Waals surface area contributed by atoms with Crippen LogP contribution in [0.25, 0.3) is 0 Å². The molecule has 1 aliphatic heterocycles. The average molecular weight is 290 g/mol. The first-order chi connectivity index (χ1) is 10.2. The molecule has 0 atom stereocenters. The van der Waals surface area contributed by atoms with Gasteiger partial charge in [-0.2, -0.15) is 0 Å². The number of benzene rings is 1. The fraction of sp³-hybridized carbons (Fsp3) is 0.667. The Morgan fingerprint density at radius 1 is 1.14 bits per heavy atom. The number of ether oxygens (including phenoxy) is 1. The molecule has 2 rings (SSSR count). The zero-order chi connectivity index (χ0) is 15.1. The van der Waals surface area contributed by atoms with Crippen molar-refractivity contribution < 1.29 is 4.74 Å². The molecule has 21 heavy (non-hydrogen) atoms. The van der Waals surface area contributed by atoms with Crippen LogP contribution >= 0.6 is 0 Å². The molecule has 0 unspecified atom stereocenters. The Morgan fingerprint density at radius 2 is 1.90 bits per heavy atom. The summed E-state index contributed by atoms with van der Waals surface area (Å²) in [5, 5.41) is 3.80. The van der Waals surface area contributed by atoms with Crippen molar-refractivity contribution in [3.8, 4) is 0 Å². The van der Waals surface area contributed by atoms with Gasteiger partial charge < -0.3 is 15.0 Å². The van der Waals surface area contributed by atoms with Crippen molar-refractivity contribution in [3.05, 3.63) is 29.8 Å². The van der Waals surface area contributed by atoms with Crippen LogP contribution in [0.4, 0.5) is 5.69 Å². The van der Waals surface area contributed by atoms with Gasteiger partial charge in [0.1, 0.15) is 0 Å². The van der Waals surface area contributed by atoms with E-state index in [0.717, 1.165) is 52.1 Å². The van der Waals surface area contributed by atoms with E-state index in [1.165, 1.54) is 11.3 Å². The summed E-state index contributed by atoms with van der Waals surface area (Å²) in [5.74, 6) is 0. The third-order valence-electron chi connectivity index (χ3n) is 4.69. The SMILES string of the molecule is CCCOCCN1CC(CC)(CC)NCc2ccccc21. The molecule has 0 amide bonds. The van der Waals surface area contributed by atoms with Crippen molar-refractivity contribution in [2.24, 2.45) is 0 Å². The van der Waals surface area contributed by atoms with Crippen molar-refractivity contribution in [2.75, 3.05) is 31.2 Å². The highest BCUT2D eigenvalue weighted by Gasteiger charge is 2.31. The second-order valence-electron chi connectivity index (χ2n) is 6.00. The fourth-order valence-corrected chi connectivity index (χ4v) is 3.10. The van der Waals surface area contributed by atoms with E-state index in [2.05, 4.69) is 55.3 Å². The molecule has 3 nitrogen and oxygen atoms in total. The van der Waals surface area contributed by atoms with Gasteiger partial charge in [-0.1, -0.05) is 39.0 Å². The first-order valence-corrected chi connectivity index (χ1v) is 8.40. The van der Waals surface area contributed by atoms with Crippen LogP contribution in [0.15, 0.2) is 24.3 Å². The van der Waals surface area contributed by atoms with Gasteiger partial charge in [-0.05, 0) is 30.9 Å².